The van der Waals surface area contributed by atoms with E-state index in [2.05, 4.69) is 11.2 Å². The number of carbonyl (C=O) groups is 3. The van der Waals surface area contributed by atoms with Crippen LogP contribution in [0.5, 0.6) is 11.5 Å². The van der Waals surface area contributed by atoms with Gasteiger partial charge in [0.25, 0.3) is 11.1 Å². The van der Waals surface area contributed by atoms with Crippen molar-refractivity contribution in [3.8, 4) is 23.8 Å². The third kappa shape index (κ3) is 6.09. The molecule has 0 bridgehead atoms. The highest BCUT2D eigenvalue weighted by Crippen LogP contribution is 2.39. The first kappa shape index (κ1) is 24.2. The van der Waals surface area contributed by atoms with Crippen LogP contribution in [0.25, 0.3) is 6.08 Å². The molecular weight excluding hydrogens is 464 g/mol. The zero-order valence-corrected chi connectivity index (χ0v) is 19.6. The summed E-state index contributed by atoms with van der Waals surface area (Å²) in [5.74, 6) is 1.99. The van der Waals surface area contributed by atoms with Crippen molar-refractivity contribution < 1.29 is 23.9 Å². The Morgan fingerprint density at radius 3 is 2.64 bits per heavy atom. The molecule has 0 atom stereocenters. The van der Waals surface area contributed by atoms with Crippen LogP contribution >= 0.6 is 23.4 Å². The lowest BCUT2D eigenvalue weighted by atomic mass is 10.1. The molecule has 3 rings (SSSR count). The van der Waals surface area contributed by atoms with E-state index < -0.39 is 17.1 Å². The zero-order valence-electron chi connectivity index (χ0n) is 18.0. The topological polar surface area (TPSA) is 84.9 Å². The Labute approximate surface area is 201 Å². The molecule has 170 valence electrons. The number of carbonyl (C=O) groups excluding carboxylic acids is 3. The van der Waals surface area contributed by atoms with Crippen LogP contribution in [0.4, 0.5) is 10.5 Å². The Kier molecular flexibility index (Phi) is 8.04. The smallest absolute Gasteiger partial charge is 0.294 e. The quantitative estimate of drug-likeness (QED) is 0.430. The van der Waals surface area contributed by atoms with Crippen molar-refractivity contribution >= 4 is 52.2 Å². The lowest BCUT2D eigenvalue weighted by Crippen LogP contribution is -2.36. The number of imide groups is 1. The van der Waals surface area contributed by atoms with E-state index in [4.69, 9.17) is 27.5 Å². The molecule has 7 nitrogen and oxygen atoms in total. The van der Waals surface area contributed by atoms with Crippen molar-refractivity contribution in [2.45, 2.75) is 13.8 Å². The van der Waals surface area contributed by atoms with E-state index in [-0.39, 0.29) is 23.1 Å². The SMILES string of the molecule is C#CCOc1c(Cl)cc(/C=C2/SC(=O)N(CC(=O)Nc3ccc(C)cc3)C2=O)cc1OCC. The van der Waals surface area contributed by atoms with Crippen LogP contribution in [0, 0.1) is 19.3 Å². The molecule has 1 aliphatic heterocycles. The Bertz CT molecular complexity index is 1150. The van der Waals surface area contributed by atoms with Crippen LogP contribution < -0.4 is 14.8 Å². The van der Waals surface area contributed by atoms with Gasteiger partial charge in [0.15, 0.2) is 11.5 Å². The molecule has 2 aromatic rings. The summed E-state index contributed by atoms with van der Waals surface area (Å²) in [6.45, 7) is 3.72. The lowest BCUT2D eigenvalue weighted by Gasteiger charge is -2.13. The van der Waals surface area contributed by atoms with Crippen molar-refractivity contribution in [2.24, 2.45) is 0 Å². The number of ether oxygens (including phenoxy) is 2. The van der Waals surface area contributed by atoms with Gasteiger partial charge in [0.05, 0.1) is 16.5 Å². The molecule has 1 N–H and O–H groups in total. The minimum absolute atomic E-state index is 0.0166. The molecule has 1 heterocycles. The number of halogens is 1. The molecule has 3 amide bonds. The van der Waals surface area contributed by atoms with Gasteiger partial charge in [0.1, 0.15) is 13.2 Å². The molecule has 0 unspecified atom stereocenters. The molecule has 1 aliphatic rings. The van der Waals surface area contributed by atoms with Gasteiger partial charge in [0, 0.05) is 5.69 Å². The van der Waals surface area contributed by atoms with Gasteiger partial charge in [-0.2, -0.15) is 0 Å². The number of terminal acetylenes is 1. The van der Waals surface area contributed by atoms with Crippen LogP contribution in [-0.2, 0) is 9.59 Å². The molecule has 1 fully saturated rings. The largest absolute Gasteiger partial charge is 0.490 e. The molecule has 33 heavy (non-hydrogen) atoms. The molecule has 0 aliphatic carbocycles. The number of benzene rings is 2. The van der Waals surface area contributed by atoms with E-state index >= 15 is 0 Å². The average molecular weight is 485 g/mol. The van der Waals surface area contributed by atoms with Gasteiger partial charge in [-0.15, -0.1) is 6.42 Å². The van der Waals surface area contributed by atoms with E-state index in [0.717, 1.165) is 22.2 Å². The molecular formula is C24H21ClN2O5S. The van der Waals surface area contributed by atoms with Crippen LogP contribution in [-0.4, -0.2) is 41.7 Å². The highest BCUT2D eigenvalue weighted by Gasteiger charge is 2.36. The number of aryl methyl sites for hydroxylation is 1. The first-order valence-corrected chi connectivity index (χ1v) is 11.2. The summed E-state index contributed by atoms with van der Waals surface area (Å²) in [4.78, 5) is 38.6. The van der Waals surface area contributed by atoms with Crippen molar-refractivity contribution in [3.05, 3.63) is 57.5 Å². The van der Waals surface area contributed by atoms with E-state index in [9.17, 15) is 14.4 Å². The maximum absolute atomic E-state index is 12.8. The number of thioether (sulfide) groups is 1. The first-order valence-electron chi connectivity index (χ1n) is 9.96. The minimum Gasteiger partial charge on any atom is -0.490 e. The number of rotatable bonds is 8. The van der Waals surface area contributed by atoms with Gasteiger partial charge >= 0.3 is 0 Å². The Balaban J connectivity index is 1.76. The molecule has 2 aromatic carbocycles. The maximum atomic E-state index is 12.8. The highest BCUT2D eigenvalue weighted by molar-refractivity contribution is 8.18. The number of amides is 3. The van der Waals surface area contributed by atoms with E-state index in [0.29, 0.717) is 29.4 Å². The molecule has 0 saturated carbocycles. The second-order valence-electron chi connectivity index (χ2n) is 6.94. The van der Waals surface area contributed by atoms with Crippen LogP contribution in [0.15, 0.2) is 41.3 Å². The van der Waals surface area contributed by atoms with Gasteiger partial charge in [-0.1, -0.05) is 35.2 Å². The summed E-state index contributed by atoms with van der Waals surface area (Å²) in [5, 5.41) is 2.40. The molecule has 1 saturated heterocycles. The third-order valence-electron chi connectivity index (χ3n) is 4.44. The first-order chi connectivity index (χ1) is 15.8. The van der Waals surface area contributed by atoms with Gasteiger partial charge in [-0.3, -0.25) is 19.3 Å². The van der Waals surface area contributed by atoms with Gasteiger partial charge in [-0.05, 0) is 61.5 Å². The normalized spacial score (nSPS) is 14.4. The fourth-order valence-corrected chi connectivity index (χ4v) is 4.07. The number of hydrogen-bond acceptors (Lipinski definition) is 6. The third-order valence-corrected chi connectivity index (χ3v) is 5.63. The summed E-state index contributed by atoms with van der Waals surface area (Å²) in [7, 11) is 0. The summed E-state index contributed by atoms with van der Waals surface area (Å²) in [5.41, 5.74) is 2.16. The Morgan fingerprint density at radius 1 is 1.24 bits per heavy atom. The van der Waals surface area contributed by atoms with E-state index in [1.807, 2.05) is 19.1 Å². The Hall–Kier alpha value is -3.41. The summed E-state index contributed by atoms with van der Waals surface area (Å²) < 4.78 is 11.0. The molecule has 0 spiro atoms. The van der Waals surface area contributed by atoms with Gasteiger partial charge < -0.3 is 14.8 Å². The standard InChI is InChI=1S/C24H21ClN2O5S/c1-4-10-32-22-18(25)11-16(12-19(22)31-5-2)13-20-23(29)27(24(30)33-20)14-21(28)26-17-8-6-15(3)7-9-17/h1,6-9,11-13H,5,10,14H2,2-3H3,(H,26,28)/b20-13+. The fraction of sp³-hybridized carbons (Fsp3) is 0.208. The van der Waals surface area contributed by atoms with Gasteiger partial charge in [-0.25, -0.2) is 0 Å². The molecule has 9 heteroatoms. The van der Waals surface area contributed by atoms with Crippen LogP contribution in [0.2, 0.25) is 5.02 Å². The van der Waals surface area contributed by atoms with Crippen molar-refractivity contribution in [2.75, 3.05) is 25.1 Å². The summed E-state index contributed by atoms with van der Waals surface area (Å²) in [6, 6.07) is 10.4. The zero-order chi connectivity index (χ0) is 24.0. The fourth-order valence-electron chi connectivity index (χ4n) is 2.96. The number of nitrogens with one attached hydrogen (secondary N) is 1. The predicted molar refractivity (Wildman–Crippen MR) is 129 cm³/mol. The number of anilines is 1. The second-order valence-corrected chi connectivity index (χ2v) is 8.34. The molecule has 0 radical (unpaired) electrons. The minimum atomic E-state index is -0.564. The monoisotopic (exact) mass is 484 g/mol. The van der Waals surface area contributed by atoms with Crippen molar-refractivity contribution in [3.63, 3.8) is 0 Å². The highest BCUT2D eigenvalue weighted by atomic mass is 35.5. The van der Waals surface area contributed by atoms with Crippen molar-refractivity contribution in [1.82, 2.24) is 4.90 Å². The lowest BCUT2D eigenvalue weighted by molar-refractivity contribution is -0.127. The maximum Gasteiger partial charge on any atom is 0.294 e. The van der Waals surface area contributed by atoms with E-state index in [1.165, 1.54) is 6.08 Å². The van der Waals surface area contributed by atoms with Crippen molar-refractivity contribution in [1.29, 1.82) is 0 Å². The molecule has 0 aromatic heterocycles. The van der Waals surface area contributed by atoms with E-state index in [1.54, 1.807) is 31.2 Å². The van der Waals surface area contributed by atoms with Crippen LogP contribution in [0.3, 0.4) is 0 Å². The van der Waals surface area contributed by atoms with Crippen LogP contribution in [0.1, 0.15) is 18.1 Å². The summed E-state index contributed by atoms with van der Waals surface area (Å²) >= 11 is 7.06. The Morgan fingerprint density at radius 2 is 1.97 bits per heavy atom. The second kappa shape index (κ2) is 10.9. The number of hydrogen-bond donors (Lipinski definition) is 1. The predicted octanol–water partition coefficient (Wildman–Crippen LogP) is 4.73. The number of nitrogens with zero attached hydrogens (tertiary/aromatic N) is 1. The van der Waals surface area contributed by atoms with Gasteiger partial charge in [0.2, 0.25) is 5.91 Å². The summed E-state index contributed by atoms with van der Waals surface area (Å²) in [6.07, 6.45) is 6.76. The average Bonchev–Trinajstić information content (AvgIpc) is 3.02.